The quantitative estimate of drug-likeness (QED) is 0.816. The van der Waals surface area contributed by atoms with Gasteiger partial charge in [-0.3, -0.25) is 0 Å². The summed E-state index contributed by atoms with van der Waals surface area (Å²) in [5.74, 6) is 1.78. The van der Waals surface area contributed by atoms with Gasteiger partial charge in [0.15, 0.2) is 11.5 Å². The van der Waals surface area contributed by atoms with Crippen LogP contribution in [0.1, 0.15) is 11.1 Å². The lowest BCUT2D eigenvalue weighted by Gasteiger charge is -2.17. The van der Waals surface area contributed by atoms with E-state index in [9.17, 15) is 4.79 Å². The molecule has 0 fully saturated rings. The molecule has 0 bridgehead atoms. The van der Waals surface area contributed by atoms with Crippen molar-refractivity contribution in [2.45, 2.75) is 6.61 Å². The van der Waals surface area contributed by atoms with Crippen molar-refractivity contribution in [1.82, 2.24) is 0 Å². The van der Waals surface area contributed by atoms with E-state index in [1.54, 1.807) is 6.08 Å². The van der Waals surface area contributed by atoms with Gasteiger partial charge in [0.25, 0.3) is 0 Å². The van der Waals surface area contributed by atoms with Gasteiger partial charge in [0.05, 0.1) is 5.57 Å². The molecule has 2 aliphatic rings. The maximum Gasteiger partial charge on any atom is 0.337 e. The number of fused-ring (bicyclic) bond motifs is 2. The van der Waals surface area contributed by atoms with E-state index in [1.165, 1.54) is 0 Å². The van der Waals surface area contributed by atoms with Gasteiger partial charge in [-0.25, -0.2) is 4.79 Å². The number of para-hydroxylation sites is 1. The van der Waals surface area contributed by atoms with Crippen LogP contribution in [0.15, 0.2) is 48.0 Å². The Kier molecular flexibility index (Phi) is 3.38. The van der Waals surface area contributed by atoms with Crippen LogP contribution in [-0.2, 0) is 16.1 Å². The van der Waals surface area contributed by atoms with E-state index < -0.39 is 0 Å². The molecule has 0 unspecified atom stereocenters. The van der Waals surface area contributed by atoms with Crippen LogP contribution in [0.3, 0.4) is 0 Å². The Hall–Kier alpha value is -2.95. The zero-order chi connectivity index (χ0) is 15.6. The predicted molar refractivity (Wildman–Crippen MR) is 82.3 cm³/mol. The van der Waals surface area contributed by atoms with Gasteiger partial charge in [-0.15, -0.1) is 0 Å². The molecule has 0 spiro atoms. The standard InChI is InChI=1S/C18H14O5/c19-18(14-8-13-3-1-2-4-15(13)20-10-14)21-9-12-5-6-16-17(7-12)23-11-22-16/h1-8H,9-11H2. The zero-order valence-corrected chi connectivity index (χ0v) is 12.3. The molecule has 116 valence electrons. The Balaban J connectivity index is 1.44. The second-order valence-corrected chi connectivity index (χ2v) is 5.26. The van der Waals surface area contributed by atoms with E-state index in [0.717, 1.165) is 16.9 Å². The highest BCUT2D eigenvalue weighted by Crippen LogP contribution is 2.32. The molecule has 2 aliphatic heterocycles. The summed E-state index contributed by atoms with van der Waals surface area (Å²) in [7, 11) is 0. The molecular weight excluding hydrogens is 296 g/mol. The number of hydrogen-bond acceptors (Lipinski definition) is 5. The third kappa shape index (κ3) is 2.73. The van der Waals surface area contributed by atoms with Gasteiger partial charge < -0.3 is 18.9 Å². The number of esters is 1. The molecule has 0 aliphatic carbocycles. The molecular formula is C18H14O5. The van der Waals surface area contributed by atoms with Crippen LogP contribution in [0.4, 0.5) is 0 Å². The minimum Gasteiger partial charge on any atom is -0.488 e. The maximum absolute atomic E-state index is 12.2. The molecule has 5 heteroatoms. The fraction of sp³-hybridized carbons (Fsp3) is 0.167. The SMILES string of the molecule is O=C(OCc1ccc2c(c1)OCO2)C1=Cc2ccccc2OC1. The molecule has 0 saturated heterocycles. The first-order valence-corrected chi connectivity index (χ1v) is 7.28. The number of ether oxygens (including phenoxy) is 4. The fourth-order valence-corrected chi connectivity index (χ4v) is 2.51. The Morgan fingerprint density at radius 2 is 1.87 bits per heavy atom. The molecule has 0 amide bonds. The number of carbonyl (C=O) groups is 1. The first-order chi connectivity index (χ1) is 11.3. The number of carbonyl (C=O) groups excluding carboxylic acids is 1. The average Bonchev–Trinajstić information content (AvgIpc) is 3.07. The molecule has 4 rings (SSSR count). The van der Waals surface area contributed by atoms with Gasteiger partial charge in [0, 0.05) is 5.56 Å². The first-order valence-electron chi connectivity index (χ1n) is 7.28. The van der Waals surface area contributed by atoms with Gasteiger partial charge in [0.1, 0.15) is 19.0 Å². The van der Waals surface area contributed by atoms with Gasteiger partial charge in [-0.1, -0.05) is 24.3 Å². The van der Waals surface area contributed by atoms with Gasteiger partial charge in [0.2, 0.25) is 6.79 Å². The van der Waals surface area contributed by atoms with Crippen LogP contribution in [-0.4, -0.2) is 19.4 Å². The van der Waals surface area contributed by atoms with Crippen LogP contribution in [0.5, 0.6) is 17.2 Å². The van der Waals surface area contributed by atoms with E-state index in [4.69, 9.17) is 18.9 Å². The van der Waals surface area contributed by atoms with Crippen molar-refractivity contribution in [3.8, 4) is 17.2 Å². The van der Waals surface area contributed by atoms with E-state index in [0.29, 0.717) is 17.1 Å². The highest BCUT2D eigenvalue weighted by molar-refractivity contribution is 5.95. The zero-order valence-electron chi connectivity index (χ0n) is 12.3. The summed E-state index contributed by atoms with van der Waals surface area (Å²) in [4.78, 5) is 12.2. The molecule has 0 saturated carbocycles. The molecule has 0 aromatic heterocycles. The summed E-state index contributed by atoms with van der Waals surface area (Å²) in [6.45, 7) is 0.619. The van der Waals surface area contributed by atoms with E-state index in [1.807, 2.05) is 42.5 Å². The largest absolute Gasteiger partial charge is 0.488 e. The van der Waals surface area contributed by atoms with Crippen LogP contribution < -0.4 is 14.2 Å². The van der Waals surface area contributed by atoms with E-state index >= 15 is 0 Å². The Morgan fingerprint density at radius 3 is 2.83 bits per heavy atom. The summed E-state index contributed by atoms with van der Waals surface area (Å²) >= 11 is 0. The topological polar surface area (TPSA) is 54.0 Å². The van der Waals surface area contributed by atoms with Crippen molar-refractivity contribution >= 4 is 12.0 Å². The van der Waals surface area contributed by atoms with Crippen molar-refractivity contribution in [2.24, 2.45) is 0 Å². The molecule has 0 atom stereocenters. The second kappa shape index (κ2) is 5.68. The monoisotopic (exact) mass is 310 g/mol. The summed E-state index contributed by atoms with van der Waals surface area (Å²) < 4.78 is 21.5. The van der Waals surface area contributed by atoms with Gasteiger partial charge in [-0.05, 0) is 29.8 Å². The fourth-order valence-electron chi connectivity index (χ4n) is 2.51. The van der Waals surface area contributed by atoms with Crippen molar-refractivity contribution in [3.63, 3.8) is 0 Å². The highest BCUT2D eigenvalue weighted by Gasteiger charge is 2.19. The summed E-state index contributed by atoms with van der Waals surface area (Å²) in [6, 6.07) is 13.1. The van der Waals surface area contributed by atoms with E-state index in [-0.39, 0.29) is 26.0 Å². The predicted octanol–water partition coefficient (Wildman–Crippen LogP) is 2.93. The third-order valence-corrected chi connectivity index (χ3v) is 3.70. The summed E-state index contributed by atoms with van der Waals surface area (Å²) in [6.07, 6.45) is 1.81. The third-order valence-electron chi connectivity index (χ3n) is 3.70. The Labute approximate surface area is 133 Å². The minimum absolute atomic E-state index is 0.175. The highest BCUT2D eigenvalue weighted by atomic mass is 16.7. The molecule has 2 aromatic carbocycles. The lowest BCUT2D eigenvalue weighted by atomic mass is 10.1. The van der Waals surface area contributed by atoms with Crippen LogP contribution in [0.25, 0.3) is 6.08 Å². The molecule has 0 radical (unpaired) electrons. The number of rotatable bonds is 3. The maximum atomic E-state index is 12.2. The summed E-state index contributed by atoms with van der Waals surface area (Å²) in [5, 5.41) is 0. The van der Waals surface area contributed by atoms with Crippen molar-refractivity contribution < 1.29 is 23.7 Å². The Bertz CT molecular complexity index is 794. The summed E-state index contributed by atoms with van der Waals surface area (Å²) in [5.41, 5.74) is 2.23. The molecule has 23 heavy (non-hydrogen) atoms. The smallest absolute Gasteiger partial charge is 0.337 e. The van der Waals surface area contributed by atoms with Crippen LogP contribution >= 0.6 is 0 Å². The molecule has 5 nitrogen and oxygen atoms in total. The van der Waals surface area contributed by atoms with E-state index in [2.05, 4.69) is 0 Å². The molecule has 0 N–H and O–H groups in total. The van der Waals surface area contributed by atoms with Crippen LogP contribution in [0, 0.1) is 0 Å². The Morgan fingerprint density at radius 1 is 1.00 bits per heavy atom. The van der Waals surface area contributed by atoms with Gasteiger partial charge >= 0.3 is 5.97 Å². The average molecular weight is 310 g/mol. The number of hydrogen-bond donors (Lipinski definition) is 0. The normalized spacial score (nSPS) is 14.5. The van der Waals surface area contributed by atoms with Crippen LogP contribution in [0.2, 0.25) is 0 Å². The first kappa shape index (κ1) is 13.7. The number of benzene rings is 2. The molecule has 2 heterocycles. The van der Waals surface area contributed by atoms with Crippen molar-refractivity contribution in [3.05, 3.63) is 59.2 Å². The van der Waals surface area contributed by atoms with Crippen molar-refractivity contribution in [2.75, 3.05) is 13.4 Å². The minimum atomic E-state index is -0.378. The van der Waals surface area contributed by atoms with Crippen molar-refractivity contribution in [1.29, 1.82) is 0 Å². The molecule has 2 aromatic rings. The lowest BCUT2D eigenvalue weighted by molar-refractivity contribution is -0.140. The van der Waals surface area contributed by atoms with Gasteiger partial charge in [-0.2, -0.15) is 0 Å². The lowest BCUT2D eigenvalue weighted by Crippen LogP contribution is -2.17. The second-order valence-electron chi connectivity index (χ2n) is 5.26.